The molecule has 0 radical (unpaired) electrons. The second kappa shape index (κ2) is 6.15. The Kier molecular flexibility index (Phi) is 4.28. The summed E-state index contributed by atoms with van der Waals surface area (Å²) < 4.78 is 5.28. The highest BCUT2D eigenvalue weighted by Crippen LogP contribution is 2.28. The first-order valence-electron chi connectivity index (χ1n) is 5.79. The van der Waals surface area contributed by atoms with E-state index in [0.29, 0.717) is 9.55 Å². The number of hydrogen-bond acceptors (Lipinski definition) is 7. The lowest BCUT2D eigenvalue weighted by atomic mass is 10.3. The van der Waals surface area contributed by atoms with E-state index in [2.05, 4.69) is 21.4 Å². The van der Waals surface area contributed by atoms with E-state index >= 15 is 0 Å². The minimum atomic E-state index is -1.23. The highest BCUT2D eigenvalue weighted by Gasteiger charge is 2.21. The van der Waals surface area contributed by atoms with Crippen LogP contribution in [-0.4, -0.2) is 28.5 Å². The molecule has 0 aliphatic rings. The van der Waals surface area contributed by atoms with E-state index in [-0.39, 0.29) is 23.7 Å². The first-order chi connectivity index (χ1) is 10.4. The number of terminal acetylenes is 1. The van der Waals surface area contributed by atoms with Gasteiger partial charge in [-0.15, -0.1) is 17.8 Å². The lowest BCUT2D eigenvalue weighted by molar-refractivity contribution is 0.0698. The molecule has 9 nitrogen and oxygen atoms in total. The third kappa shape index (κ3) is 3.33. The maximum absolute atomic E-state index is 11.2. The molecule has 2 aromatic rings. The highest BCUT2D eigenvalue weighted by atomic mass is 32.1. The molecule has 0 bridgehead atoms. The van der Waals surface area contributed by atoms with E-state index in [1.807, 2.05) is 0 Å². The van der Waals surface area contributed by atoms with Gasteiger partial charge >= 0.3 is 23.2 Å². The largest absolute Gasteiger partial charge is 0.478 e. The van der Waals surface area contributed by atoms with Crippen LogP contribution in [0.25, 0.3) is 0 Å². The molecule has 0 aromatic carbocycles. The maximum Gasteiger partial charge on any atom is 0.408 e. The zero-order valence-electron chi connectivity index (χ0n) is 10.9. The molecule has 10 heteroatoms. The first kappa shape index (κ1) is 15.3. The van der Waals surface area contributed by atoms with Gasteiger partial charge in [-0.2, -0.15) is 4.68 Å². The number of amides is 1. The number of rotatable bonds is 6. The number of carboxylic acid groups (broad SMARTS) is 1. The molecule has 2 heterocycles. The molecule has 114 valence electrons. The molecule has 0 atom stereocenters. The summed E-state index contributed by atoms with van der Waals surface area (Å²) >= 11 is 0.977. The van der Waals surface area contributed by atoms with Gasteiger partial charge in [0.25, 0.3) is 0 Å². The molecule has 2 rings (SSSR count). The first-order valence-corrected chi connectivity index (χ1v) is 6.61. The van der Waals surface area contributed by atoms with Gasteiger partial charge in [0.1, 0.15) is 5.00 Å². The summed E-state index contributed by atoms with van der Waals surface area (Å²) in [6.07, 6.45) is 4.19. The topological polar surface area (TPSA) is 127 Å². The zero-order chi connectivity index (χ0) is 16.3. The number of nitrogens with zero attached hydrogens (tertiary/aromatic N) is 1. The van der Waals surface area contributed by atoms with Crippen LogP contribution in [0.3, 0.4) is 0 Å². The van der Waals surface area contributed by atoms with E-state index in [9.17, 15) is 19.2 Å². The smallest absolute Gasteiger partial charge is 0.408 e. The second-order valence-electron chi connectivity index (χ2n) is 3.95. The Balaban J connectivity index is 2.07. The lowest BCUT2D eigenvalue weighted by Gasteiger charge is -2.02. The van der Waals surface area contributed by atoms with Gasteiger partial charge in [-0.25, -0.2) is 9.59 Å². The minimum absolute atomic E-state index is 0.0118. The summed E-state index contributed by atoms with van der Waals surface area (Å²) in [6, 6.07) is 1.31. The van der Waals surface area contributed by atoms with Crippen molar-refractivity contribution in [1.29, 1.82) is 0 Å². The monoisotopic (exact) mass is 323 g/mol. The number of thiophene rings is 1. The number of aromatic carboxylic acids is 1. The van der Waals surface area contributed by atoms with Crippen molar-refractivity contribution in [1.82, 2.24) is 9.99 Å². The van der Waals surface area contributed by atoms with Gasteiger partial charge in [-0.1, -0.05) is 5.92 Å². The number of hydrogen-bond donors (Lipinski definition) is 3. The molecule has 0 saturated heterocycles. The summed E-state index contributed by atoms with van der Waals surface area (Å²) in [5.74, 6) is 0.890. The average Bonchev–Trinajstić information content (AvgIpc) is 2.90. The summed E-state index contributed by atoms with van der Waals surface area (Å²) in [7, 11) is 0. The number of nitrogens with one attached hydrogen (secondary N) is 2. The van der Waals surface area contributed by atoms with Crippen LogP contribution < -0.4 is 21.9 Å². The highest BCUT2D eigenvalue weighted by molar-refractivity contribution is 7.16. The Hall–Kier alpha value is -3.06. The van der Waals surface area contributed by atoms with E-state index in [0.717, 1.165) is 11.3 Å². The van der Waals surface area contributed by atoms with Crippen LogP contribution in [0.1, 0.15) is 15.2 Å². The van der Waals surface area contributed by atoms with Crippen molar-refractivity contribution >= 4 is 28.4 Å². The van der Waals surface area contributed by atoms with E-state index in [4.69, 9.17) is 11.5 Å². The molecule has 22 heavy (non-hydrogen) atoms. The van der Waals surface area contributed by atoms with Crippen molar-refractivity contribution in [3.05, 3.63) is 37.2 Å². The molecule has 0 spiro atoms. The van der Waals surface area contributed by atoms with Gasteiger partial charge in [-0.05, 0) is 6.07 Å². The minimum Gasteiger partial charge on any atom is -0.478 e. The number of alkyl carbamates (subject to hydrolysis) is 1. The Morgan fingerprint density at radius 2 is 2.09 bits per heavy atom. The van der Waals surface area contributed by atoms with Gasteiger partial charge < -0.3 is 15.2 Å². The van der Waals surface area contributed by atoms with Crippen LogP contribution in [0.5, 0.6) is 0 Å². The molecule has 0 unspecified atom stereocenters. The van der Waals surface area contributed by atoms with Crippen molar-refractivity contribution in [3.63, 3.8) is 0 Å². The van der Waals surface area contributed by atoms with Gasteiger partial charge in [0.15, 0.2) is 6.61 Å². The van der Waals surface area contributed by atoms with Gasteiger partial charge in [0.05, 0.1) is 12.1 Å². The average molecular weight is 323 g/mol. The fraction of sp³-hybridized carbons (Fsp3) is 0.167. The third-order valence-corrected chi connectivity index (χ3v) is 3.50. The van der Waals surface area contributed by atoms with Crippen molar-refractivity contribution in [2.45, 2.75) is 6.54 Å². The molecule has 0 fully saturated rings. The summed E-state index contributed by atoms with van der Waals surface area (Å²) in [5.41, 5.74) is 0.794. The van der Waals surface area contributed by atoms with E-state index < -0.39 is 23.2 Å². The molecule has 0 saturated carbocycles. The Morgan fingerprint density at radius 1 is 1.41 bits per heavy atom. The normalized spacial score (nSPS) is 10.1. The molecule has 3 N–H and O–H groups in total. The number of carbonyl (C=O) groups excluding carboxylic acids is 1. The molecule has 0 aliphatic carbocycles. The third-order valence-electron chi connectivity index (χ3n) is 2.46. The van der Waals surface area contributed by atoms with Crippen LogP contribution in [0.4, 0.5) is 9.80 Å². The van der Waals surface area contributed by atoms with Crippen LogP contribution in [0.2, 0.25) is 0 Å². The van der Waals surface area contributed by atoms with Crippen molar-refractivity contribution < 1.29 is 19.4 Å². The lowest BCUT2D eigenvalue weighted by Crippen LogP contribution is -2.23. The second-order valence-corrected chi connectivity index (χ2v) is 5.09. The van der Waals surface area contributed by atoms with Crippen molar-refractivity contribution in [2.75, 3.05) is 12.0 Å². The molecule has 1 amide bonds. The molecular weight excluding hydrogens is 314 g/mol. The summed E-state index contributed by atoms with van der Waals surface area (Å²) in [5, 5.41) is 11.6. The van der Waals surface area contributed by atoms with Crippen LogP contribution in [0, 0.1) is 12.3 Å². The zero-order valence-corrected chi connectivity index (χ0v) is 11.7. The Labute approximate surface area is 126 Å². The fourth-order valence-electron chi connectivity index (χ4n) is 1.43. The fourth-order valence-corrected chi connectivity index (χ4v) is 2.40. The summed E-state index contributed by atoms with van der Waals surface area (Å²) in [6.45, 7) is -0.166. The number of ether oxygens (including phenoxy) is 1. The van der Waals surface area contributed by atoms with Gasteiger partial charge in [0, 0.05) is 4.88 Å². The Bertz CT molecular complexity index is 810. The number of aromatic nitrogens is 1. The van der Waals surface area contributed by atoms with Crippen molar-refractivity contribution in [2.24, 2.45) is 0 Å². The molecular formula is C12H9N3O6S. The van der Waals surface area contributed by atoms with Crippen LogP contribution in [-0.2, 0) is 11.3 Å². The predicted molar refractivity (Wildman–Crippen MR) is 76.7 cm³/mol. The van der Waals surface area contributed by atoms with E-state index in [1.165, 1.54) is 6.07 Å². The van der Waals surface area contributed by atoms with Gasteiger partial charge in [-0.3, -0.25) is 15.0 Å². The van der Waals surface area contributed by atoms with Crippen LogP contribution >= 0.6 is 11.3 Å². The number of carboxylic acids is 1. The van der Waals surface area contributed by atoms with E-state index in [1.54, 1.807) is 0 Å². The van der Waals surface area contributed by atoms with Crippen LogP contribution in [0.15, 0.2) is 15.7 Å². The van der Waals surface area contributed by atoms with Crippen molar-refractivity contribution in [3.8, 4) is 12.3 Å². The number of carbonyl (C=O) groups is 2. The van der Waals surface area contributed by atoms with Gasteiger partial charge in [0.2, 0.25) is 0 Å². The number of anilines is 1. The Morgan fingerprint density at radius 3 is 2.64 bits per heavy atom. The summed E-state index contributed by atoms with van der Waals surface area (Å²) in [4.78, 5) is 44.6. The quantitative estimate of drug-likeness (QED) is 0.486. The molecule has 0 aliphatic heterocycles. The maximum atomic E-state index is 11.2. The SMILES string of the molecule is C#CCOC(=O)NCc1cc(C(=O)O)c(Nn2c(=O)c2=O)s1. The molecule has 2 aromatic heterocycles. The predicted octanol–water partition coefficient (Wildman–Crippen LogP) is -0.422. The standard InChI is InChI=1S/C12H9N3O6S/c1-2-3-21-12(20)13-5-6-4-7(11(18)19)8(22-6)14-15-9(16)10(15)17/h1,4,14H,3,5H2,(H,13,20)(H,18,19).